The van der Waals surface area contributed by atoms with Crippen LogP contribution in [-0.2, 0) is 0 Å². The normalized spacial score (nSPS) is 10.9. The molecule has 3 heteroatoms. The zero-order valence-electron chi connectivity index (χ0n) is 8.00. The Labute approximate surface area is 92.8 Å². The first-order valence-electron chi connectivity index (χ1n) is 4.61. The van der Waals surface area contributed by atoms with Gasteiger partial charge in [0.2, 0.25) is 0 Å². The molecule has 0 fully saturated rings. The number of rotatable bonds is 2. The first kappa shape index (κ1) is 9.82. The molecule has 0 aliphatic heterocycles. The highest BCUT2D eigenvalue weighted by atomic mass is 35.5. The largest absolute Gasteiger partial charge is 0.361 e. The molecule has 0 radical (unpaired) electrons. The van der Waals surface area contributed by atoms with Crippen molar-refractivity contribution in [2.45, 2.75) is 6.42 Å². The number of nitrogens with zero attached hydrogens (tertiary/aromatic N) is 1. The first-order chi connectivity index (χ1) is 7.31. The van der Waals surface area contributed by atoms with E-state index in [1.54, 1.807) is 6.08 Å². The molecule has 2 rings (SSSR count). The molecular weight excluding hydrogens is 208 g/mol. The lowest BCUT2D eigenvalue weighted by molar-refractivity contribution is 1.36. The molecule has 74 valence electrons. The van der Waals surface area contributed by atoms with Crippen LogP contribution in [-0.4, -0.2) is 4.98 Å². The second-order valence-electron chi connectivity index (χ2n) is 3.20. The number of benzene rings is 1. The van der Waals surface area contributed by atoms with Crippen molar-refractivity contribution < 1.29 is 0 Å². The van der Waals surface area contributed by atoms with Crippen LogP contribution in [0.3, 0.4) is 0 Å². The Bertz CT molecular complexity index is 546. The van der Waals surface area contributed by atoms with Crippen LogP contribution in [0.1, 0.15) is 12.0 Å². The molecule has 0 spiro atoms. The predicted molar refractivity (Wildman–Crippen MR) is 62.6 cm³/mol. The lowest BCUT2D eigenvalue weighted by Crippen LogP contribution is -1.76. The molecule has 1 aromatic heterocycles. The number of fused-ring (bicyclic) bond motifs is 1. The standard InChI is InChI=1S/C12H9ClN2/c13-11-8-12-10(4-6-15-12)7-9(11)3-1-2-5-14/h1,3-4,6-8,15H,2H2. The summed E-state index contributed by atoms with van der Waals surface area (Å²) in [5.74, 6) is 0. The second kappa shape index (κ2) is 4.20. The van der Waals surface area contributed by atoms with E-state index in [1.807, 2.05) is 30.5 Å². The van der Waals surface area contributed by atoms with Gasteiger partial charge in [-0.3, -0.25) is 0 Å². The molecule has 0 saturated heterocycles. The zero-order chi connectivity index (χ0) is 10.7. The molecular formula is C12H9ClN2. The summed E-state index contributed by atoms with van der Waals surface area (Å²) in [4.78, 5) is 3.09. The summed E-state index contributed by atoms with van der Waals surface area (Å²) in [6.07, 6.45) is 5.96. The Hall–Kier alpha value is -1.72. The fourth-order valence-corrected chi connectivity index (χ4v) is 1.68. The summed E-state index contributed by atoms with van der Waals surface area (Å²) < 4.78 is 0. The van der Waals surface area contributed by atoms with Gasteiger partial charge >= 0.3 is 0 Å². The van der Waals surface area contributed by atoms with Crippen molar-refractivity contribution in [1.29, 1.82) is 5.26 Å². The van der Waals surface area contributed by atoms with Gasteiger partial charge in [-0.25, -0.2) is 0 Å². The van der Waals surface area contributed by atoms with E-state index >= 15 is 0 Å². The van der Waals surface area contributed by atoms with Crippen LogP contribution in [0.15, 0.2) is 30.5 Å². The molecule has 1 aromatic carbocycles. The van der Waals surface area contributed by atoms with Crippen molar-refractivity contribution in [1.82, 2.24) is 4.98 Å². The fourth-order valence-electron chi connectivity index (χ4n) is 1.46. The predicted octanol–water partition coefficient (Wildman–Crippen LogP) is 3.75. The first-order valence-corrected chi connectivity index (χ1v) is 4.99. The number of nitriles is 1. The number of aromatic amines is 1. The van der Waals surface area contributed by atoms with Gasteiger partial charge in [0.05, 0.1) is 12.5 Å². The summed E-state index contributed by atoms with van der Waals surface area (Å²) in [5, 5.41) is 10.2. The quantitative estimate of drug-likeness (QED) is 0.816. The summed E-state index contributed by atoms with van der Waals surface area (Å²) in [6.45, 7) is 0. The third-order valence-corrected chi connectivity index (χ3v) is 2.50. The number of aromatic nitrogens is 1. The van der Waals surface area contributed by atoms with E-state index in [4.69, 9.17) is 16.9 Å². The Morgan fingerprint density at radius 2 is 2.33 bits per heavy atom. The van der Waals surface area contributed by atoms with Crippen molar-refractivity contribution in [3.8, 4) is 6.07 Å². The van der Waals surface area contributed by atoms with Crippen molar-refractivity contribution in [2.24, 2.45) is 0 Å². The summed E-state index contributed by atoms with van der Waals surface area (Å²) in [5.41, 5.74) is 1.97. The molecule has 15 heavy (non-hydrogen) atoms. The zero-order valence-corrected chi connectivity index (χ0v) is 8.75. The van der Waals surface area contributed by atoms with Gasteiger partial charge in [-0.1, -0.05) is 23.8 Å². The average Bonchev–Trinajstić information content (AvgIpc) is 2.65. The van der Waals surface area contributed by atoms with Crippen molar-refractivity contribution in [2.75, 3.05) is 0 Å². The molecule has 0 aliphatic rings. The van der Waals surface area contributed by atoms with Crippen LogP contribution in [0.25, 0.3) is 17.0 Å². The highest BCUT2D eigenvalue weighted by Gasteiger charge is 2.00. The van der Waals surface area contributed by atoms with Crippen LogP contribution in [0.4, 0.5) is 0 Å². The number of allylic oxidation sites excluding steroid dienone is 1. The van der Waals surface area contributed by atoms with E-state index in [9.17, 15) is 0 Å². The average molecular weight is 217 g/mol. The second-order valence-corrected chi connectivity index (χ2v) is 3.61. The highest BCUT2D eigenvalue weighted by Crippen LogP contribution is 2.24. The molecule has 0 saturated carbocycles. The minimum absolute atomic E-state index is 0.404. The lowest BCUT2D eigenvalue weighted by atomic mass is 10.1. The third kappa shape index (κ3) is 2.03. The maximum Gasteiger partial charge on any atom is 0.0663 e. The van der Waals surface area contributed by atoms with Crippen LogP contribution in [0, 0.1) is 11.3 Å². The number of hydrogen-bond acceptors (Lipinski definition) is 1. The molecule has 2 nitrogen and oxygen atoms in total. The van der Waals surface area contributed by atoms with Crippen molar-refractivity contribution in [3.05, 3.63) is 41.1 Å². The minimum Gasteiger partial charge on any atom is -0.361 e. The topological polar surface area (TPSA) is 39.6 Å². The summed E-state index contributed by atoms with van der Waals surface area (Å²) in [7, 11) is 0. The van der Waals surface area contributed by atoms with Crippen LogP contribution < -0.4 is 0 Å². The Morgan fingerprint density at radius 1 is 1.47 bits per heavy atom. The number of halogens is 1. The van der Waals surface area contributed by atoms with Gasteiger partial charge in [-0.2, -0.15) is 5.26 Å². The van der Waals surface area contributed by atoms with Gasteiger partial charge in [-0.15, -0.1) is 0 Å². The van der Waals surface area contributed by atoms with Gasteiger partial charge in [-0.05, 0) is 23.8 Å². The highest BCUT2D eigenvalue weighted by molar-refractivity contribution is 6.32. The number of nitrogens with one attached hydrogen (secondary N) is 1. The summed E-state index contributed by atoms with van der Waals surface area (Å²) in [6, 6.07) is 7.94. The van der Waals surface area contributed by atoms with Gasteiger partial charge < -0.3 is 4.98 Å². The number of H-pyrrole nitrogens is 1. The van der Waals surface area contributed by atoms with E-state index in [-0.39, 0.29) is 0 Å². The number of hydrogen-bond donors (Lipinski definition) is 1. The SMILES string of the molecule is N#CCC=Cc1cc2cc[nH]c2cc1Cl. The molecule has 2 aromatic rings. The van der Waals surface area contributed by atoms with E-state index in [0.717, 1.165) is 16.5 Å². The lowest BCUT2D eigenvalue weighted by Gasteiger charge is -1.98. The fraction of sp³-hybridized carbons (Fsp3) is 0.0833. The van der Waals surface area contributed by atoms with E-state index in [1.165, 1.54) is 0 Å². The van der Waals surface area contributed by atoms with Crippen LogP contribution in [0.5, 0.6) is 0 Å². The molecule has 0 unspecified atom stereocenters. The molecule has 1 N–H and O–H groups in total. The third-order valence-electron chi connectivity index (χ3n) is 2.18. The minimum atomic E-state index is 0.404. The van der Waals surface area contributed by atoms with Gasteiger partial charge in [0.25, 0.3) is 0 Å². The summed E-state index contributed by atoms with van der Waals surface area (Å²) >= 11 is 6.08. The van der Waals surface area contributed by atoms with E-state index < -0.39 is 0 Å². The van der Waals surface area contributed by atoms with Gasteiger partial charge in [0.1, 0.15) is 0 Å². The van der Waals surface area contributed by atoms with E-state index in [2.05, 4.69) is 11.1 Å². The van der Waals surface area contributed by atoms with Gasteiger partial charge in [0.15, 0.2) is 0 Å². The maximum absolute atomic E-state index is 8.41. The molecule has 0 aliphatic carbocycles. The van der Waals surface area contributed by atoms with Crippen molar-refractivity contribution in [3.63, 3.8) is 0 Å². The van der Waals surface area contributed by atoms with Crippen LogP contribution in [0.2, 0.25) is 5.02 Å². The van der Waals surface area contributed by atoms with Crippen LogP contribution >= 0.6 is 11.6 Å². The monoisotopic (exact) mass is 216 g/mol. The Balaban J connectivity index is 2.42. The maximum atomic E-state index is 8.41. The Kier molecular flexibility index (Phi) is 2.75. The van der Waals surface area contributed by atoms with E-state index in [0.29, 0.717) is 11.4 Å². The van der Waals surface area contributed by atoms with Crippen molar-refractivity contribution >= 4 is 28.6 Å². The Morgan fingerprint density at radius 3 is 3.13 bits per heavy atom. The van der Waals surface area contributed by atoms with Gasteiger partial charge in [0, 0.05) is 22.1 Å². The molecule has 0 amide bonds. The molecule has 0 bridgehead atoms. The molecule has 1 heterocycles. The smallest absolute Gasteiger partial charge is 0.0663 e. The molecule has 0 atom stereocenters.